The number of rotatable bonds is 4. The summed E-state index contributed by atoms with van der Waals surface area (Å²) >= 11 is 1.58. The van der Waals surface area contributed by atoms with Gasteiger partial charge in [-0.05, 0) is 57.9 Å². The van der Waals surface area contributed by atoms with Crippen molar-refractivity contribution in [3.8, 4) is 0 Å². The first kappa shape index (κ1) is 16.6. The molecule has 0 unspecified atom stereocenters. The third-order valence-corrected chi connectivity index (χ3v) is 4.74. The van der Waals surface area contributed by atoms with Crippen LogP contribution in [0.2, 0.25) is 0 Å². The molecule has 0 saturated carbocycles. The molecular formula is C19H23NOS. The van der Waals surface area contributed by atoms with E-state index in [-0.39, 0.29) is 11.2 Å². The lowest BCUT2D eigenvalue weighted by molar-refractivity contribution is -0.115. The van der Waals surface area contributed by atoms with E-state index in [1.54, 1.807) is 11.8 Å². The van der Waals surface area contributed by atoms with Crippen molar-refractivity contribution >= 4 is 23.4 Å². The zero-order valence-electron chi connectivity index (χ0n) is 13.9. The van der Waals surface area contributed by atoms with Crippen molar-refractivity contribution in [3.63, 3.8) is 0 Å². The minimum Gasteiger partial charge on any atom is -0.325 e. The molecule has 2 rings (SSSR count). The minimum atomic E-state index is -0.136. The van der Waals surface area contributed by atoms with E-state index in [1.165, 1.54) is 11.1 Å². The maximum absolute atomic E-state index is 12.4. The second kappa shape index (κ2) is 7.01. The fourth-order valence-electron chi connectivity index (χ4n) is 2.48. The fourth-order valence-corrected chi connectivity index (χ4v) is 3.34. The summed E-state index contributed by atoms with van der Waals surface area (Å²) in [4.78, 5) is 13.6. The molecule has 0 bridgehead atoms. The minimum absolute atomic E-state index is 0.0422. The monoisotopic (exact) mass is 313 g/mol. The molecule has 0 aliphatic carbocycles. The van der Waals surface area contributed by atoms with E-state index in [0.717, 1.165) is 21.7 Å². The number of anilines is 1. The second-order valence-electron chi connectivity index (χ2n) is 5.84. The third-order valence-electron chi connectivity index (χ3n) is 3.63. The van der Waals surface area contributed by atoms with Crippen LogP contribution < -0.4 is 5.32 Å². The topological polar surface area (TPSA) is 29.1 Å². The van der Waals surface area contributed by atoms with E-state index in [0.29, 0.717) is 0 Å². The summed E-state index contributed by atoms with van der Waals surface area (Å²) in [7, 11) is 0. The largest absolute Gasteiger partial charge is 0.325 e. The van der Waals surface area contributed by atoms with Crippen LogP contribution in [0.25, 0.3) is 0 Å². The molecule has 3 heteroatoms. The molecular weight excluding hydrogens is 290 g/mol. The highest BCUT2D eigenvalue weighted by molar-refractivity contribution is 8.00. The molecule has 116 valence electrons. The van der Waals surface area contributed by atoms with Gasteiger partial charge in [0, 0.05) is 10.6 Å². The Hall–Kier alpha value is -1.74. The Morgan fingerprint density at radius 2 is 1.50 bits per heavy atom. The highest BCUT2D eigenvalue weighted by atomic mass is 32.2. The average Bonchev–Trinajstić information content (AvgIpc) is 2.45. The SMILES string of the molecule is Cc1ccc(S[C@@H](C)C(=O)Nc2c(C)cc(C)cc2C)cc1. The molecule has 0 aliphatic heterocycles. The second-order valence-corrected chi connectivity index (χ2v) is 7.25. The smallest absolute Gasteiger partial charge is 0.237 e. The highest BCUT2D eigenvalue weighted by Crippen LogP contribution is 2.26. The van der Waals surface area contributed by atoms with E-state index in [4.69, 9.17) is 0 Å². The van der Waals surface area contributed by atoms with Crippen molar-refractivity contribution in [1.29, 1.82) is 0 Å². The first-order valence-electron chi connectivity index (χ1n) is 7.49. The quantitative estimate of drug-likeness (QED) is 0.801. The fraction of sp³-hybridized carbons (Fsp3) is 0.316. The first-order valence-corrected chi connectivity index (χ1v) is 8.37. The van der Waals surface area contributed by atoms with Crippen LogP contribution in [0, 0.1) is 27.7 Å². The van der Waals surface area contributed by atoms with Crippen molar-refractivity contribution in [1.82, 2.24) is 0 Å². The van der Waals surface area contributed by atoms with Gasteiger partial charge in [-0.2, -0.15) is 0 Å². The molecule has 1 N–H and O–H groups in total. The average molecular weight is 313 g/mol. The molecule has 0 heterocycles. The molecule has 2 aromatic carbocycles. The van der Waals surface area contributed by atoms with Crippen molar-refractivity contribution in [2.45, 2.75) is 44.8 Å². The zero-order valence-corrected chi connectivity index (χ0v) is 14.7. The number of amides is 1. The molecule has 0 saturated heterocycles. The van der Waals surface area contributed by atoms with Crippen molar-refractivity contribution in [2.24, 2.45) is 0 Å². The summed E-state index contributed by atoms with van der Waals surface area (Å²) in [6.45, 7) is 10.1. The standard InChI is InChI=1S/C19H23NOS/c1-12-6-8-17(9-7-12)22-16(5)19(21)20-18-14(3)10-13(2)11-15(18)4/h6-11,16H,1-5H3,(H,20,21)/t16-/m0/s1. The lowest BCUT2D eigenvalue weighted by atomic mass is 10.1. The predicted molar refractivity (Wildman–Crippen MR) is 95.8 cm³/mol. The van der Waals surface area contributed by atoms with E-state index in [2.05, 4.69) is 55.6 Å². The lowest BCUT2D eigenvalue weighted by Crippen LogP contribution is -2.23. The van der Waals surface area contributed by atoms with Gasteiger partial charge in [0.05, 0.1) is 5.25 Å². The maximum Gasteiger partial charge on any atom is 0.237 e. The molecule has 0 radical (unpaired) electrons. The number of thioether (sulfide) groups is 1. The first-order chi connectivity index (χ1) is 10.4. The summed E-state index contributed by atoms with van der Waals surface area (Å²) in [5, 5.41) is 2.94. The summed E-state index contributed by atoms with van der Waals surface area (Å²) in [6.07, 6.45) is 0. The molecule has 0 aromatic heterocycles. The number of benzene rings is 2. The van der Waals surface area contributed by atoms with Crippen molar-refractivity contribution in [3.05, 3.63) is 58.7 Å². The van der Waals surface area contributed by atoms with Crippen LogP contribution in [0.4, 0.5) is 5.69 Å². The van der Waals surface area contributed by atoms with Crippen LogP contribution in [-0.2, 0) is 4.79 Å². The third kappa shape index (κ3) is 4.14. The molecule has 0 aliphatic rings. The maximum atomic E-state index is 12.4. The van der Waals surface area contributed by atoms with Crippen LogP contribution >= 0.6 is 11.8 Å². The van der Waals surface area contributed by atoms with Gasteiger partial charge >= 0.3 is 0 Å². The number of carbonyl (C=O) groups is 1. The molecule has 1 amide bonds. The van der Waals surface area contributed by atoms with Crippen LogP contribution in [0.1, 0.15) is 29.2 Å². The van der Waals surface area contributed by atoms with Gasteiger partial charge < -0.3 is 5.32 Å². The summed E-state index contributed by atoms with van der Waals surface area (Å²) < 4.78 is 0. The number of hydrogen-bond donors (Lipinski definition) is 1. The molecule has 2 nitrogen and oxygen atoms in total. The molecule has 0 fully saturated rings. The normalized spacial score (nSPS) is 12.0. The van der Waals surface area contributed by atoms with Gasteiger partial charge in [0.1, 0.15) is 0 Å². The van der Waals surface area contributed by atoms with Crippen molar-refractivity contribution < 1.29 is 4.79 Å². The van der Waals surface area contributed by atoms with E-state index < -0.39 is 0 Å². The Kier molecular flexibility index (Phi) is 5.30. The molecule has 1 atom stereocenters. The number of carbonyl (C=O) groups excluding carboxylic acids is 1. The van der Waals surface area contributed by atoms with Crippen LogP contribution in [-0.4, -0.2) is 11.2 Å². The number of hydrogen-bond acceptors (Lipinski definition) is 2. The van der Waals surface area contributed by atoms with Gasteiger partial charge in [0.2, 0.25) is 5.91 Å². The Bertz CT molecular complexity index is 653. The van der Waals surface area contributed by atoms with Gasteiger partial charge in [-0.3, -0.25) is 4.79 Å². The highest BCUT2D eigenvalue weighted by Gasteiger charge is 2.16. The van der Waals surface area contributed by atoms with Crippen LogP contribution in [0.5, 0.6) is 0 Å². The van der Waals surface area contributed by atoms with Crippen LogP contribution in [0.3, 0.4) is 0 Å². The van der Waals surface area contributed by atoms with Gasteiger partial charge in [0.15, 0.2) is 0 Å². The lowest BCUT2D eigenvalue weighted by Gasteiger charge is -2.16. The van der Waals surface area contributed by atoms with Gasteiger partial charge in [-0.25, -0.2) is 0 Å². The van der Waals surface area contributed by atoms with Gasteiger partial charge in [0.25, 0.3) is 0 Å². The Labute approximate surface area is 137 Å². The van der Waals surface area contributed by atoms with E-state index >= 15 is 0 Å². The van der Waals surface area contributed by atoms with Crippen molar-refractivity contribution in [2.75, 3.05) is 5.32 Å². The van der Waals surface area contributed by atoms with E-state index in [1.807, 2.05) is 20.8 Å². The Balaban J connectivity index is 2.07. The van der Waals surface area contributed by atoms with Crippen LogP contribution in [0.15, 0.2) is 41.3 Å². The Morgan fingerprint density at radius 3 is 2.05 bits per heavy atom. The summed E-state index contributed by atoms with van der Waals surface area (Å²) in [5.41, 5.74) is 5.60. The molecule has 2 aromatic rings. The van der Waals surface area contributed by atoms with E-state index in [9.17, 15) is 4.79 Å². The Morgan fingerprint density at radius 1 is 0.955 bits per heavy atom. The zero-order chi connectivity index (χ0) is 16.3. The number of nitrogens with one attached hydrogen (secondary N) is 1. The number of aryl methyl sites for hydroxylation is 4. The van der Waals surface area contributed by atoms with Gasteiger partial charge in [-0.1, -0.05) is 35.4 Å². The molecule has 22 heavy (non-hydrogen) atoms. The summed E-state index contributed by atoms with van der Waals surface area (Å²) in [6, 6.07) is 12.5. The summed E-state index contributed by atoms with van der Waals surface area (Å²) in [5.74, 6) is 0.0422. The predicted octanol–water partition coefficient (Wildman–Crippen LogP) is 5.04. The van der Waals surface area contributed by atoms with Gasteiger partial charge in [-0.15, -0.1) is 11.8 Å². The molecule has 0 spiro atoms.